The van der Waals surface area contributed by atoms with Crippen molar-refractivity contribution < 1.29 is 4.74 Å². The van der Waals surface area contributed by atoms with Crippen molar-refractivity contribution in [3.8, 4) is 5.75 Å². The van der Waals surface area contributed by atoms with Gasteiger partial charge >= 0.3 is 0 Å². The number of aryl methyl sites for hydroxylation is 1. The van der Waals surface area contributed by atoms with Crippen LogP contribution in [0.5, 0.6) is 5.75 Å². The monoisotopic (exact) mass is 226 g/mol. The number of ether oxygens (including phenoxy) is 1. The molecule has 92 valence electrons. The highest BCUT2D eigenvalue weighted by Gasteiger charge is 2.24. The summed E-state index contributed by atoms with van der Waals surface area (Å²) >= 11 is 0. The van der Waals surface area contributed by atoms with Crippen LogP contribution in [0.2, 0.25) is 0 Å². The summed E-state index contributed by atoms with van der Waals surface area (Å²) in [6, 6.07) is 0.0717. The Kier molecular flexibility index (Phi) is 4.76. The van der Waals surface area contributed by atoms with E-state index in [1.807, 2.05) is 4.68 Å². The van der Waals surface area contributed by atoms with Gasteiger partial charge in [-0.2, -0.15) is 5.10 Å². The minimum absolute atomic E-state index is 0.0717. The molecule has 0 saturated carbocycles. The van der Waals surface area contributed by atoms with E-state index < -0.39 is 0 Å². The van der Waals surface area contributed by atoms with Gasteiger partial charge in [0.15, 0.2) is 5.75 Å². The van der Waals surface area contributed by atoms with Gasteiger partial charge in [0.25, 0.3) is 0 Å². The second-order valence-corrected chi connectivity index (χ2v) is 3.94. The second kappa shape index (κ2) is 5.86. The summed E-state index contributed by atoms with van der Waals surface area (Å²) in [4.78, 5) is 0. The maximum atomic E-state index is 5.64. The first-order chi connectivity index (χ1) is 7.69. The van der Waals surface area contributed by atoms with Crippen LogP contribution < -0.4 is 16.0 Å². The highest BCUT2D eigenvalue weighted by molar-refractivity contribution is 5.28. The van der Waals surface area contributed by atoms with E-state index in [1.54, 1.807) is 13.3 Å². The van der Waals surface area contributed by atoms with Crippen LogP contribution in [0, 0.1) is 5.92 Å². The molecule has 0 aromatic carbocycles. The van der Waals surface area contributed by atoms with Gasteiger partial charge in [-0.05, 0) is 12.8 Å². The number of hydrazine groups is 1. The average Bonchev–Trinajstić information content (AvgIpc) is 2.72. The van der Waals surface area contributed by atoms with Gasteiger partial charge < -0.3 is 4.74 Å². The molecule has 1 heterocycles. The van der Waals surface area contributed by atoms with Crippen LogP contribution in [0.25, 0.3) is 0 Å². The molecule has 0 saturated heterocycles. The molecule has 3 N–H and O–H groups in total. The molecule has 1 aromatic heterocycles. The molecule has 0 amide bonds. The van der Waals surface area contributed by atoms with E-state index in [0.717, 1.165) is 24.4 Å². The lowest BCUT2D eigenvalue weighted by Crippen LogP contribution is -2.34. The van der Waals surface area contributed by atoms with E-state index in [1.165, 1.54) is 0 Å². The van der Waals surface area contributed by atoms with Crippen LogP contribution in [0.4, 0.5) is 0 Å². The molecule has 0 bridgehead atoms. The van der Waals surface area contributed by atoms with Crippen molar-refractivity contribution in [1.29, 1.82) is 0 Å². The van der Waals surface area contributed by atoms with Crippen LogP contribution in [-0.4, -0.2) is 16.9 Å². The van der Waals surface area contributed by atoms with Gasteiger partial charge in [-0.15, -0.1) is 0 Å². The Morgan fingerprint density at radius 3 is 2.69 bits per heavy atom. The number of nitrogens with one attached hydrogen (secondary N) is 1. The molecule has 2 unspecified atom stereocenters. The molecule has 16 heavy (non-hydrogen) atoms. The Morgan fingerprint density at radius 1 is 1.56 bits per heavy atom. The van der Waals surface area contributed by atoms with Crippen LogP contribution in [0.3, 0.4) is 0 Å². The predicted octanol–water partition coefficient (Wildman–Crippen LogP) is 1.46. The summed E-state index contributed by atoms with van der Waals surface area (Å²) in [6.45, 7) is 7.18. The minimum atomic E-state index is 0.0717. The fourth-order valence-corrected chi connectivity index (χ4v) is 1.85. The van der Waals surface area contributed by atoms with Crippen molar-refractivity contribution in [2.24, 2.45) is 11.8 Å². The molecule has 0 aliphatic carbocycles. The van der Waals surface area contributed by atoms with Crippen molar-refractivity contribution in [3.05, 3.63) is 11.9 Å². The zero-order valence-electron chi connectivity index (χ0n) is 10.5. The molecule has 0 spiro atoms. The van der Waals surface area contributed by atoms with Crippen molar-refractivity contribution in [2.45, 2.75) is 39.8 Å². The Balaban J connectivity index is 3.10. The largest absolute Gasteiger partial charge is 0.493 e. The van der Waals surface area contributed by atoms with Gasteiger partial charge in [0.2, 0.25) is 0 Å². The molecular formula is C11H22N4O. The SMILES string of the molecule is CCC(C)C(NN)c1c(OC)cnn1CC. The summed E-state index contributed by atoms with van der Waals surface area (Å²) in [7, 11) is 1.66. The Hall–Kier alpha value is -1.07. The van der Waals surface area contributed by atoms with Crippen LogP contribution >= 0.6 is 0 Å². The third-order valence-electron chi connectivity index (χ3n) is 3.05. The smallest absolute Gasteiger partial charge is 0.161 e. The van der Waals surface area contributed by atoms with E-state index in [2.05, 4.69) is 31.3 Å². The predicted molar refractivity (Wildman–Crippen MR) is 64.0 cm³/mol. The summed E-state index contributed by atoms with van der Waals surface area (Å²) in [5.41, 5.74) is 3.89. The number of nitrogens with two attached hydrogens (primary N) is 1. The number of methoxy groups -OCH3 is 1. The topological polar surface area (TPSA) is 65.1 Å². The van der Waals surface area contributed by atoms with E-state index in [0.29, 0.717) is 5.92 Å². The zero-order valence-corrected chi connectivity index (χ0v) is 10.5. The van der Waals surface area contributed by atoms with Gasteiger partial charge in [0, 0.05) is 6.54 Å². The van der Waals surface area contributed by atoms with E-state index in [-0.39, 0.29) is 6.04 Å². The number of hydrogen-bond donors (Lipinski definition) is 2. The average molecular weight is 226 g/mol. The van der Waals surface area contributed by atoms with E-state index >= 15 is 0 Å². The molecule has 5 nitrogen and oxygen atoms in total. The van der Waals surface area contributed by atoms with Gasteiger partial charge in [-0.25, -0.2) is 0 Å². The Labute approximate surface area is 96.9 Å². The van der Waals surface area contributed by atoms with Crippen molar-refractivity contribution in [1.82, 2.24) is 15.2 Å². The first kappa shape index (κ1) is 13.0. The van der Waals surface area contributed by atoms with Crippen molar-refractivity contribution >= 4 is 0 Å². The summed E-state index contributed by atoms with van der Waals surface area (Å²) in [5, 5.41) is 4.29. The van der Waals surface area contributed by atoms with Gasteiger partial charge in [-0.3, -0.25) is 16.0 Å². The molecule has 1 rings (SSSR count). The lowest BCUT2D eigenvalue weighted by atomic mass is 9.96. The molecule has 0 aliphatic rings. The Morgan fingerprint density at radius 2 is 2.25 bits per heavy atom. The summed E-state index contributed by atoms with van der Waals surface area (Å²) in [5.74, 6) is 6.87. The number of rotatable bonds is 6. The molecule has 2 atom stereocenters. The molecule has 0 aliphatic heterocycles. The minimum Gasteiger partial charge on any atom is -0.493 e. The second-order valence-electron chi connectivity index (χ2n) is 3.94. The van der Waals surface area contributed by atoms with Crippen molar-refractivity contribution in [3.63, 3.8) is 0 Å². The lowest BCUT2D eigenvalue weighted by Gasteiger charge is -2.23. The zero-order chi connectivity index (χ0) is 12.1. The van der Waals surface area contributed by atoms with E-state index in [9.17, 15) is 0 Å². The van der Waals surface area contributed by atoms with Crippen LogP contribution in [0.1, 0.15) is 38.9 Å². The molecular weight excluding hydrogens is 204 g/mol. The number of aromatic nitrogens is 2. The fourth-order valence-electron chi connectivity index (χ4n) is 1.85. The Bertz CT molecular complexity index is 302. The lowest BCUT2D eigenvalue weighted by molar-refractivity contribution is 0.337. The summed E-state index contributed by atoms with van der Waals surface area (Å²) < 4.78 is 7.25. The van der Waals surface area contributed by atoms with Crippen LogP contribution in [0.15, 0.2) is 6.20 Å². The van der Waals surface area contributed by atoms with E-state index in [4.69, 9.17) is 10.6 Å². The first-order valence-corrected chi connectivity index (χ1v) is 5.75. The third kappa shape index (κ3) is 2.36. The highest BCUT2D eigenvalue weighted by Crippen LogP contribution is 2.30. The normalized spacial score (nSPS) is 14.8. The van der Waals surface area contributed by atoms with Gasteiger partial charge in [-0.1, -0.05) is 20.3 Å². The molecule has 5 heteroatoms. The van der Waals surface area contributed by atoms with Crippen molar-refractivity contribution in [2.75, 3.05) is 7.11 Å². The first-order valence-electron chi connectivity index (χ1n) is 5.75. The van der Waals surface area contributed by atoms with Gasteiger partial charge in [0.1, 0.15) is 0 Å². The van der Waals surface area contributed by atoms with Gasteiger partial charge in [0.05, 0.1) is 25.0 Å². The maximum Gasteiger partial charge on any atom is 0.161 e. The fraction of sp³-hybridized carbons (Fsp3) is 0.727. The highest BCUT2D eigenvalue weighted by atomic mass is 16.5. The quantitative estimate of drug-likeness (QED) is 0.569. The van der Waals surface area contributed by atoms with Crippen LogP contribution in [-0.2, 0) is 6.54 Å². The molecule has 0 fully saturated rings. The maximum absolute atomic E-state index is 5.64. The number of hydrogen-bond acceptors (Lipinski definition) is 4. The standard InChI is InChI=1S/C11H22N4O/c1-5-8(3)10(14-12)11-9(16-4)7-13-15(11)6-2/h7-8,10,14H,5-6,12H2,1-4H3. The number of nitrogens with zero attached hydrogens (tertiary/aromatic N) is 2. The third-order valence-corrected chi connectivity index (χ3v) is 3.05. The molecule has 1 aromatic rings. The summed E-state index contributed by atoms with van der Waals surface area (Å²) in [6.07, 6.45) is 2.79. The molecule has 0 radical (unpaired) electrons.